The Bertz CT molecular complexity index is 852. The topological polar surface area (TPSA) is 112 Å². The van der Waals surface area contributed by atoms with Crippen molar-refractivity contribution in [2.24, 2.45) is 5.73 Å². The van der Waals surface area contributed by atoms with Crippen molar-refractivity contribution in [1.82, 2.24) is 4.98 Å². The number of non-ortho nitro benzene ring substituents is 1. The molecule has 0 unspecified atom stereocenters. The minimum absolute atomic E-state index is 0.0921. The van der Waals surface area contributed by atoms with Gasteiger partial charge in [0.25, 0.3) is 11.6 Å². The summed E-state index contributed by atoms with van der Waals surface area (Å²) in [6.07, 6.45) is 6.31. The Balaban J connectivity index is 1.99. The fourth-order valence-electron chi connectivity index (χ4n) is 2.66. The van der Waals surface area contributed by atoms with E-state index in [1.54, 1.807) is 30.6 Å². The average molecular weight is 354 g/mol. The number of hydrogen-bond donors (Lipinski definition) is 1. The zero-order valence-corrected chi connectivity index (χ0v) is 14.0. The number of anilines is 1. The first-order chi connectivity index (χ1) is 12.6. The Morgan fingerprint density at radius 2 is 2.00 bits per heavy atom. The highest BCUT2D eigenvalue weighted by Crippen LogP contribution is 2.38. The maximum absolute atomic E-state index is 12.9. The van der Waals surface area contributed by atoms with Crippen LogP contribution in [-0.4, -0.2) is 28.9 Å². The number of hydrogen-bond acceptors (Lipinski definition) is 6. The summed E-state index contributed by atoms with van der Waals surface area (Å²) < 4.78 is 5.72. The summed E-state index contributed by atoms with van der Waals surface area (Å²) in [4.78, 5) is 28.9. The second-order valence-electron chi connectivity index (χ2n) is 5.75. The van der Waals surface area contributed by atoms with Crippen molar-refractivity contribution in [2.45, 2.75) is 12.8 Å². The molecule has 2 aromatic rings. The van der Waals surface area contributed by atoms with Crippen LogP contribution in [0.4, 0.5) is 11.4 Å². The lowest BCUT2D eigenvalue weighted by atomic mass is 10.1. The molecule has 8 heteroatoms. The number of carbonyl (C=O) groups is 1. The second kappa shape index (κ2) is 7.75. The fourth-order valence-corrected chi connectivity index (χ4v) is 2.66. The molecule has 8 nitrogen and oxygen atoms in total. The molecule has 2 heterocycles. The normalized spacial score (nSPS) is 14.9. The Hall–Kier alpha value is -3.26. The van der Waals surface area contributed by atoms with Gasteiger partial charge in [-0.2, -0.15) is 0 Å². The fraction of sp³-hybridized carbons (Fsp3) is 0.222. The summed E-state index contributed by atoms with van der Waals surface area (Å²) in [5, 5.41) is 11.1. The average Bonchev–Trinajstić information content (AvgIpc) is 2.65. The molecule has 0 saturated carbocycles. The monoisotopic (exact) mass is 354 g/mol. The molecule has 0 fully saturated rings. The SMILES string of the molecule is NCCCCN1C(=O)/C(=C\c2ccncc2)Oc2ccc([N+](=O)[O-])cc21. The van der Waals surface area contributed by atoms with Gasteiger partial charge in [0.2, 0.25) is 0 Å². The summed E-state index contributed by atoms with van der Waals surface area (Å²) in [5.41, 5.74) is 6.61. The van der Waals surface area contributed by atoms with Crippen LogP contribution >= 0.6 is 0 Å². The van der Waals surface area contributed by atoms with E-state index in [4.69, 9.17) is 10.5 Å². The van der Waals surface area contributed by atoms with E-state index in [1.807, 2.05) is 0 Å². The van der Waals surface area contributed by atoms with Gasteiger partial charge in [-0.15, -0.1) is 0 Å². The van der Waals surface area contributed by atoms with Crippen LogP contribution in [0.15, 0.2) is 48.5 Å². The van der Waals surface area contributed by atoms with E-state index in [9.17, 15) is 14.9 Å². The molecule has 26 heavy (non-hydrogen) atoms. The minimum atomic E-state index is -0.495. The lowest BCUT2D eigenvalue weighted by Crippen LogP contribution is -2.38. The van der Waals surface area contributed by atoms with E-state index < -0.39 is 4.92 Å². The third-order valence-electron chi connectivity index (χ3n) is 3.96. The van der Waals surface area contributed by atoms with E-state index in [1.165, 1.54) is 23.1 Å². The van der Waals surface area contributed by atoms with Crippen LogP contribution in [0.1, 0.15) is 18.4 Å². The number of fused-ring (bicyclic) bond motifs is 1. The third kappa shape index (κ3) is 3.70. The molecule has 0 spiro atoms. The van der Waals surface area contributed by atoms with Crippen molar-refractivity contribution < 1.29 is 14.5 Å². The molecule has 0 atom stereocenters. The number of ether oxygens (including phenoxy) is 1. The van der Waals surface area contributed by atoms with Crippen LogP contribution in [-0.2, 0) is 4.79 Å². The Kier molecular flexibility index (Phi) is 5.23. The molecule has 2 N–H and O–H groups in total. The number of rotatable bonds is 6. The minimum Gasteiger partial charge on any atom is -0.449 e. The molecule has 3 rings (SSSR count). The zero-order chi connectivity index (χ0) is 18.5. The highest BCUT2D eigenvalue weighted by Gasteiger charge is 2.31. The maximum Gasteiger partial charge on any atom is 0.294 e. The van der Waals surface area contributed by atoms with Crippen molar-refractivity contribution in [3.8, 4) is 5.75 Å². The van der Waals surface area contributed by atoms with Gasteiger partial charge in [0.1, 0.15) is 0 Å². The van der Waals surface area contributed by atoms with Gasteiger partial charge in [-0.25, -0.2) is 0 Å². The van der Waals surface area contributed by atoms with E-state index >= 15 is 0 Å². The maximum atomic E-state index is 12.9. The Morgan fingerprint density at radius 3 is 2.69 bits per heavy atom. The molecule has 1 aromatic heterocycles. The van der Waals surface area contributed by atoms with Crippen molar-refractivity contribution >= 4 is 23.4 Å². The number of nitrogens with zero attached hydrogens (tertiary/aromatic N) is 3. The van der Waals surface area contributed by atoms with Crippen molar-refractivity contribution in [1.29, 1.82) is 0 Å². The summed E-state index contributed by atoms with van der Waals surface area (Å²) in [7, 11) is 0. The Morgan fingerprint density at radius 1 is 1.23 bits per heavy atom. The summed E-state index contributed by atoms with van der Waals surface area (Å²) in [6, 6.07) is 7.74. The van der Waals surface area contributed by atoms with Crippen LogP contribution in [0.25, 0.3) is 6.08 Å². The number of pyridine rings is 1. The van der Waals surface area contributed by atoms with E-state index in [-0.39, 0.29) is 17.4 Å². The molecular formula is C18H18N4O4. The van der Waals surface area contributed by atoms with Crippen LogP contribution in [0.2, 0.25) is 0 Å². The van der Waals surface area contributed by atoms with Crippen LogP contribution in [0, 0.1) is 10.1 Å². The van der Waals surface area contributed by atoms with Gasteiger partial charge in [-0.1, -0.05) is 0 Å². The number of nitrogens with two attached hydrogens (primary N) is 1. The van der Waals surface area contributed by atoms with Gasteiger partial charge >= 0.3 is 0 Å². The largest absolute Gasteiger partial charge is 0.449 e. The van der Waals surface area contributed by atoms with Gasteiger partial charge in [-0.3, -0.25) is 19.9 Å². The van der Waals surface area contributed by atoms with E-state index in [0.717, 1.165) is 12.0 Å². The number of carbonyl (C=O) groups excluding carboxylic acids is 1. The molecule has 0 aliphatic carbocycles. The summed E-state index contributed by atoms with van der Waals surface area (Å²) in [6.45, 7) is 0.918. The number of aromatic nitrogens is 1. The quantitative estimate of drug-likeness (QED) is 0.369. The number of nitro benzene ring substituents is 1. The molecular weight excluding hydrogens is 336 g/mol. The predicted octanol–water partition coefficient (Wildman–Crippen LogP) is 2.50. The van der Waals surface area contributed by atoms with Gasteiger partial charge < -0.3 is 15.4 Å². The third-order valence-corrected chi connectivity index (χ3v) is 3.96. The molecule has 134 valence electrons. The zero-order valence-electron chi connectivity index (χ0n) is 14.0. The number of nitro groups is 1. The number of benzene rings is 1. The van der Waals surface area contributed by atoms with Crippen molar-refractivity contribution in [2.75, 3.05) is 18.0 Å². The summed E-state index contributed by atoms with van der Waals surface area (Å²) >= 11 is 0. The van der Waals surface area contributed by atoms with Gasteiger partial charge in [0.15, 0.2) is 11.5 Å². The van der Waals surface area contributed by atoms with Crippen molar-refractivity contribution in [3.05, 3.63) is 64.2 Å². The second-order valence-corrected chi connectivity index (χ2v) is 5.75. The first-order valence-electron chi connectivity index (χ1n) is 8.20. The van der Waals surface area contributed by atoms with Gasteiger partial charge in [0.05, 0.1) is 10.6 Å². The van der Waals surface area contributed by atoms with E-state index in [0.29, 0.717) is 30.9 Å². The molecule has 0 saturated heterocycles. The molecule has 0 radical (unpaired) electrons. The van der Waals surface area contributed by atoms with Crippen LogP contribution < -0.4 is 15.4 Å². The van der Waals surface area contributed by atoms with Crippen molar-refractivity contribution in [3.63, 3.8) is 0 Å². The first kappa shape index (κ1) is 17.6. The standard InChI is InChI=1S/C18H18N4O4/c19-7-1-2-10-21-15-12-14(22(24)25)3-4-16(15)26-17(18(21)23)11-13-5-8-20-9-6-13/h3-6,8-9,11-12H,1-2,7,10,19H2/b17-11+. The molecule has 1 amide bonds. The Labute approximate surface area is 150 Å². The molecule has 1 aliphatic heterocycles. The number of unbranched alkanes of at least 4 members (excludes halogenated alkanes) is 1. The van der Waals surface area contributed by atoms with Crippen LogP contribution in [0.3, 0.4) is 0 Å². The van der Waals surface area contributed by atoms with Gasteiger partial charge in [-0.05, 0) is 49.2 Å². The predicted molar refractivity (Wildman–Crippen MR) is 96.6 cm³/mol. The van der Waals surface area contributed by atoms with Gasteiger partial charge in [0, 0.05) is 31.1 Å². The first-order valence-corrected chi connectivity index (χ1v) is 8.20. The highest BCUT2D eigenvalue weighted by molar-refractivity contribution is 6.10. The number of amides is 1. The smallest absolute Gasteiger partial charge is 0.294 e. The summed E-state index contributed by atoms with van der Waals surface area (Å²) in [5.74, 6) is 0.223. The molecule has 1 aliphatic rings. The lowest BCUT2D eigenvalue weighted by molar-refractivity contribution is -0.384. The highest BCUT2D eigenvalue weighted by atomic mass is 16.6. The molecule has 0 bridgehead atoms. The van der Waals surface area contributed by atoms with E-state index in [2.05, 4.69) is 4.98 Å². The molecule has 1 aromatic carbocycles. The van der Waals surface area contributed by atoms with Crippen LogP contribution in [0.5, 0.6) is 5.75 Å². The lowest BCUT2D eigenvalue weighted by Gasteiger charge is -2.30.